The molecule has 2 nitrogen and oxygen atoms in total. The standard InChI is InChI=1S/C16H24ClNO/c1-2-4-12-7-9-14(10-8-12)18-11-13-5-3-6-15(17)16(13)19/h3,5-6,12,14,18-19H,2,4,7-11H2,1H3. The average molecular weight is 282 g/mol. The Morgan fingerprint density at radius 3 is 2.68 bits per heavy atom. The number of nitrogens with one attached hydrogen (secondary N) is 1. The van der Waals surface area contributed by atoms with Gasteiger partial charge in [0.05, 0.1) is 5.02 Å². The van der Waals surface area contributed by atoms with Gasteiger partial charge in [-0.1, -0.05) is 43.5 Å². The van der Waals surface area contributed by atoms with Crippen LogP contribution in [-0.2, 0) is 6.54 Å². The van der Waals surface area contributed by atoms with Crippen molar-refractivity contribution in [1.82, 2.24) is 5.32 Å². The summed E-state index contributed by atoms with van der Waals surface area (Å²) in [5, 5.41) is 13.9. The zero-order chi connectivity index (χ0) is 13.7. The van der Waals surface area contributed by atoms with E-state index in [9.17, 15) is 5.11 Å². The van der Waals surface area contributed by atoms with Gasteiger partial charge in [-0.05, 0) is 37.7 Å². The molecule has 2 rings (SSSR count). The average Bonchev–Trinajstić information content (AvgIpc) is 2.42. The van der Waals surface area contributed by atoms with Crippen LogP contribution in [-0.4, -0.2) is 11.1 Å². The van der Waals surface area contributed by atoms with E-state index in [-0.39, 0.29) is 5.75 Å². The van der Waals surface area contributed by atoms with Crippen molar-refractivity contribution in [3.63, 3.8) is 0 Å². The van der Waals surface area contributed by atoms with Gasteiger partial charge in [0, 0.05) is 18.2 Å². The van der Waals surface area contributed by atoms with Crippen LogP contribution in [0.3, 0.4) is 0 Å². The van der Waals surface area contributed by atoms with Gasteiger partial charge in [-0.3, -0.25) is 0 Å². The predicted octanol–water partition coefficient (Wildman–Crippen LogP) is 4.49. The zero-order valence-electron chi connectivity index (χ0n) is 11.7. The van der Waals surface area contributed by atoms with E-state index < -0.39 is 0 Å². The molecule has 0 atom stereocenters. The third kappa shape index (κ3) is 4.12. The Labute approximate surface area is 121 Å². The highest BCUT2D eigenvalue weighted by molar-refractivity contribution is 6.32. The molecule has 106 valence electrons. The van der Waals surface area contributed by atoms with Crippen LogP contribution >= 0.6 is 11.6 Å². The van der Waals surface area contributed by atoms with Crippen molar-refractivity contribution in [3.05, 3.63) is 28.8 Å². The van der Waals surface area contributed by atoms with E-state index >= 15 is 0 Å². The maximum absolute atomic E-state index is 9.87. The van der Waals surface area contributed by atoms with Crippen LogP contribution in [0, 0.1) is 5.92 Å². The van der Waals surface area contributed by atoms with Crippen LogP contribution in [0.25, 0.3) is 0 Å². The molecule has 0 amide bonds. The highest BCUT2D eigenvalue weighted by Gasteiger charge is 2.20. The molecule has 1 aromatic rings. The molecule has 1 aliphatic carbocycles. The minimum Gasteiger partial charge on any atom is -0.506 e. The number of para-hydroxylation sites is 1. The first-order valence-electron chi connectivity index (χ1n) is 7.40. The van der Waals surface area contributed by atoms with E-state index in [1.165, 1.54) is 38.5 Å². The first kappa shape index (κ1) is 14.7. The Kier molecular flexibility index (Phi) is 5.53. The second-order valence-corrected chi connectivity index (χ2v) is 6.04. The van der Waals surface area contributed by atoms with Crippen molar-refractivity contribution < 1.29 is 5.11 Å². The molecule has 0 heterocycles. The Morgan fingerprint density at radius 2 is 2.00 bits per heavy atom. The van der Waals surface area contributed by atoms with Crippen LogP contribution in [0.2, 0.25) is 5.02 Å². The molecule has 2 N–H and O–H groups in total. The number of rotatable bonds is 5. The molecule has 1 aromatic carbocycles. The molecule has 0 spiro atoms. The maximum Gasteiger partial charge on any atom is 0.138 e. The first-order chi connectivity index (χ1) is 9.20. The molecular formula is C16H24ClNO. The number of phenolic OH excluding ortho intramolecular Hbond substituents is 1. The topological polar surface area (TPSA) is 32.3 Å². The van der Waals surface area contributed by atoms with Crippen LogP contribution < -0.4 is 5.32 Å². The quantitative estimate of drug-likeness (QED) is 0.833. The van der Waals surface area contributed by atoms with Crippen molar-refractivity contribution in [3.8, 4) is 5.75 Å². The number of hydrogen-bond donors (Lipinski definition) is 2. The van der Waals surface area contributed by atoms with Gasteiger partial charge in [0.1, 0.15) is 5.75 Å². The molecule has 19 heavy (non-hydrogen) atoms. The van der Waals surface area contributed by atoms with E-state index in [2.05, 4.69) is 12.2 Å². The number of hydrogen-bond acceptors (Lipinski definition) is 2. The second kappa shape index (κ2) is 7.16. The summed E-state index contributed by atoms with van der Waals surface area (Å²) in [6, 6.07) is 6.12. The van der Waals surface area contributed by atoms with E-state index in [4.69, 9.17) is 11.6 Å². The van der Waals surface area contributed by atoms with Crippen molar-refractivity contribution in [2.45, 2.75) is 58.0 Å². The summed E-state index contributed by atoms with van der Waals surface area (Å²) in [6.45, 7) is 2.97. The van der Waals surface area contributed by atoms with Gasteiger partial charge in [0.2, 0.25) is 0 Å². The molecule has 0 bridgehead atoms. The van der Waals surface area contributed by atoms with Gasteiger partial charge in [-0.15, -0.1) is 0 Å². The molecule has 0 aromatic heterocycles. The molecule has 1 fully saturated rings. The summed E-state index contributed by atoms with van der Waals surface area (Å²) in [4.78, 5) is 0. The van der Waals surface area contributed by atoms with Gasteiger partial charge in [-0.2, -0.15) is 0 Å². The molecule has 0 saturated heterocycles. The summed E-state index contributed by atoms with van der Waals surface area (Å²) in [6.07, 6.45) is 7.87. The third-order valence-corrected chi connectivity index (χ3v) is 4.50. The van der Waals surface area contributed by atoms with E-state index in [1.54, 1.807) is 6.07 Å². The third-order valence-electron chi connectivity index (χ3n) is 4.20. The predicted molar refractivity (Wildman–Crippen MR) is 80.6 cm³/mol. The lowest BCUT2D eigenvalue weighted by molar-refractivity contribution is 0.277. The van der Waals surface area contributed by atoms with Crippen molar-refractivity contribution in [2.24, 2.45) is 5.92 Å². The number of phenols is 1. The fourth-order valence-corrected chi connectivity index (χ4v) is 3.21. The largest absolute Gasteiger partial charge is 0.506 e. The summed E-state index contributed by atoms with van der Waals surface area (Å²) in [5.74, 6) is 1.15. The lowest BCUT2D eigenvalue weighted by Gasteiger charge is -2.29. The molecule has 1 aliphatic rings. The number of halogens is 1. The SMILES string of the molecule is CCCC1CCC(NCc2cccc(Cl)c2O)CC1. The summed E-state index contributed by atoms with van der Waals surface area (Å²) < 4.78 is 0. The zero-order valence-corrected chi connectivity index (χ0v) is 12.4. The van der Waals surface area contributed by atoms with E-state index in [0.717, 1.165) is 11.5 Å². The van der Waals surface area contributed by atoms with Gasteiger partial charge < -0.3 is 10.4 Å². The second-order valence-electron chi connectivity index (χ2n) is 5.63. The molecule has 0 aliphatic heterocycles. The maximum atomic E-state index is 9.87. The smallest absolute Gasteiger partial charge is 0.138 e. The Morgan fingerprint density at radius 1 is 1.26 bits per heavy atom. The lowest BCUT2D eigenvalue weighted by Crippen LogP contribution is -2.32. The number of aromatic hydroxyl groups is 1. The lowest BCUT2D eigenvalue weighted by atomic mass is 9.83. The van der Waals surface area contributed by atoms with Crippen LogP contribution in [0.5, 0.6) is 5.75 Å². The first-order valence-corrected chi connectivity index (χ1v) is 7.78. The van der Waals surface area contributed by atoms with E-state index in [0.29, 0.717) is 17.6 Å². The minimum atomic E-state index is 0.219. The van der Waals surface area contributed by atoms with Gasteiger partial charge in [0.25, 0.3) is 0 Å². The van der Waals surface area contributed by atoms with Crippen molar-refractivity contribution in [2.75, 3.05) is 0 Å². The fraction of sp³-hybridized carbons (Fsp3) is 0.625. The monoisotopic (exact) mass is 281 g/mol. The molecule has 0 unspecified atom stereocenters. The molecule has 3 heteroatoms. The Hall–Kier alpha value is -0.730. The molecule has 0 radical (unpaired) electrons. The Bertz CT molecular complexity index is 400. The van der Waals surface area contributed by atoms with Crippen molar-refractivity contribution in [1.29, 1.82) is 0 Å². The summed E-state index contributed by atoms with van der Waals surface area (Å²) >= 11 is 5.91. The van der Waals surface area contributed by atoms with Crippen LogP contribution in [0.15, 0.2) is 18.2 Å². The van der Waals surface area contributed by atoms with Crippen molar-refractivity contribution >= 4 is 11.6 Å². The van der Waals surface area contributed by atoms with Gasteiger partial charge in [0.15, 0.2) is 0 Å². The van der Waals surface area contributed by atoms with Crippen LogP contribution in [0.4, 0.5) is 0 Å². The van der Waals surface area contributed by atoms with E-state index in [1.807, 2.05) is 12.1 Å². The molecule has 1 saturated carbocycles. The fourth-order valence-electron chi connectivity index (χ4n) is 3.02. The minimum absolute atomic E-state index is 0.219. The summed E-state index contributed by atoms with van der Waals surface area (Å²) in [7, 11) is 0. The normalized spacial score (nSPS) is 23.5. The summed E-state index contributed by atoms with van der Waals surface area (Å²) in [5.41, 5.74) is 0.892. The number of benzene rings is 1. The van der Waals surface area contributed by atoms with Gasteiger partial charge in [-0.25, -0.2) is 0 Å². The molecular weight excluding hydrogens is 258 g/mol. The van der Waals surface area contributed by atoms with Gasteiger partial charge >= 0.3 is 0 Å². The highest BCUT2D eigenvalue weighted by atomic mass is 35.5. The Balaban J connectivity index is 1.79. The van der Waals surface area contributed by atoms with Crippen LogP contribution in [0.1, 0.15) is 51.0 Å². The highest BCUT2D eigenvalue weighted by Crippen LogP contribution is 2.29.